The highest BCUT2D eigenvalue weighted by atomic mass is 35.5. The van der Waals surface area contributed by atoms with Crippen LogP contribution in [-0.2, 0) is 13.5 Å². The highest BCUT2D eigenvalue weighted by molar-refractivity contribution is 6.31. The smallest absolute Gasteiger partial charge is 0.335 e. The van der Waals surface area contributed by atoms with Crippen molar-refractivity contribution >= 4 is 29.2 Å². The molecular weight excluding hydrogens is 294 g/mol. The van der Waals surface area contributed by atoms with Crippen molar-refractivity contribution in [1.29, 1.82) is 0 Å². The minimum absolute atomic E-state index is 0.0136. The number of amides is 1. The molecule has 0 fully saturated rings. The Morgan fingerprint density at radius 3 is 2.71 bits per heavy atom. The summed E-state index contributed by atoms with van der Waals surface area (Å²) >= 11 is 5.86. The standard InChI is InChI=1S/C14H14ClN3O3/c1-3-12-11(7-18(2)17-12)13(19)16-10-5-8(14(20)21)4-9(15)6-10/h4-7H,3H2,1-2H3,(H,16,19)(H,20,21). The van der Waals surface area contributed by atoms with E-state index in [2.05, 4.69) is 10.4 Å². The van der Waals surface area contributed by atoms with Crippen LogP contribution >= 0.6 is 11.6 Å². The van der Waals surface area contributed by atoms with E-state index in [1.165, 1.54) is 18.2 Å². The normalized spacial score (nSPS) is 10.4. The molecule has 6 nitrogen and oxygen atoms in total. The quantitative estimate of drug-likeness (QED) is 0.909. The topological polar surface area (TPSA) is 84.2 Å². The molecule has 0 aliphatic carbocycles. The zero-order valence-corrected chi connectivity index (χ0v) is 12.3. The summed E-state index contributed by atoms with van der Waals surface area (Å²) in [6.07, 6.45) is 2.25. The predicted molar refractivity (Wildman–Crippen MR) is 79.0 cm³/mol. The molecule has 0 saturated carbocycles. The highest BCUT2D eigenvalue weighted by Crippen LogP contribution is 2.20. The molecule has 2 aromatic rings. The van der Waals surface area contributed by atoms with Crippen molar-refractivity contribution in [1.82, 2.24) is 9.78 Å². The third-order valence-electron chi connectivity index (χ3n) is 2.89. The Hall–Kier alpha value is -2.34. The SMILES string of the molecule is CCc1nn(C)cc1C(=O)Nc1cc(Cl)cc(C(=O)O)c1. The summed E-state index contributed by atoms with van der Waals surface area (Å²) in [5.41, 5.74) is 1.47. The maximum atomic E-state index is 12.2. The van der Waals surface area contributed by atoms with E-state index < -0.39 is 5.97 Å². The summed E-state index contributed by atoms with van der Waals surface area (Å²) < 4.78 is 1.56. The maximum absolute atomic E-state index is 12.2. The van der Waals surface area contributed by atoms with Gasteiger partial charge in [0.15, 0.2) is 0 Å². The number of nitrogens with one attached hydrogen (secondary N) is 1. The van der Waals surface area contributed by atoms with Crippen molar-refractivity contribution in [3.05, 3.63) is 46.2 Å². The number of nitrogens with zero attached hydrogens (tertiary/aromatic N) is 2. The van der Waals surface area contributed by atoms with Gasteiger partial charge in [0.25, 0.3) is 5.91 Å². The van der Waals surface area contributed by atoms with Gasteiger partial charge in [-0.1, -0.05) is 18.5 Å². The van der Waals surface area contributed by atoms with Crippen LogP contribution in [0.15, 0.2) is 24.4 Å². The van der Waals surface area contributed by atoms with E-state index in [0.717, 1.165) is 0 Å². The van der Waals surface area contributed by atoms with Crippen LogP contribution in [0.1, 0.15) is 33.3 Å². The number of anilines is 1. The Bertz CT molecular complexity index is 709. The second kappa shape index (κ2) is 5.97. The summed E-state index contributed by atoms with van der Waals surface area (Å²) in [5.74, 6) is -1.46. The molecule has 2 rings (SSSR count). The van der Waals surface area contributed by atoms with Gasteiger partial charge in [-0.05, 0) is 24.6 Å². The van der Waals surface area contributed by atoms with Crippen LogP contribution in [0.2, 0.25) is 5.02 Å². The van der Waals surface area contributed by atoms with Crippen LogP contribution in [0, 0.1) is 0 Å². The van der Waals surface area contributed by atoms with Crippen LogP contribution in [0.25, 0.3) is 0 Å². The second-order valence-electron chi connectivity index (χ2n) is 4.50. The molecule has 0 bridgehead atoms. The summed E-state index contributed by atoms with van der Waals surface area (Å²) in [6.45, 7) is 1.90. The third kappa shape index (κ3) is 3.41. The number of carbonyl (C=O) groups excluding carboxylic acids is 1. The molecule has 0 aliphatic heterocycles. The van der Waals surface area contributed by atoms with Gasteiger partial charge in [0.1, 0.15) is 0 Å². The largest absolute Gasteiger partial charge is 0.478 e. The van der Waals surface area contributed by atoms with E-state index in [1.54, 1.807) is 17.9 Å². The number of hydrogen-bond acceptors (Lipinski definition) is 3. The minimum atomic E-state index is -1.11. The molecule has 0 radical (unpaired) electrons. The van der Waals surface area contributed by atoms with Gasteiger partial charge < -0.3 is 10.4 Å². The number of aryl methyl sites for hydroxylation is 2. The maximum Gasteiger partial charge on any atom is 0.335 e. The van der Waals surface area contributed by atoms with Crippen molar-refractivity contribution in [3.63, 3.8) is 0 Å². The number of aromatic carboxylic acids is 1. The van der Waals surface area contributed by atoms with Gasteiger partial charge in [0.05, 0.1) is 16.8 Å². The van der Waals surface area contributed by atoms with Crippen LogP contribution in [0.4, 0.5) is 5.69 Å². The first-order chi connectivity index (χ1) is 9.90. The Morgan fingerprint density at radius 1 is 1.38 bits per heavy atom. The van der Waals surface area contributed by atoms with E-state index in [1.807, 2.05) is 6.92 Å². The molecule has 0 spiro atoms. The summed E-state index contributed by atoms with van der Waals surface area (Å²) in [4.78, 5) is 23.2. The lowest BCUT2D eigenvalue weighted by molar-refractivity contribution is 0.0696. The Balaban J connectivity index is 2.29. The number of carboxylic acid groups (broad SMARTS) is 1. The van der Waals surface area contributed by atoms with E-state index in [-0.39, 0.29) is 16.5 Å². The zero-order chi connectivity index (χ0) is 15.6. The van der Waals surface area contributed by atoms with Gasteiger partial charge in [0.2, 0.25) is 0 Å². The van der Waals surface area contributed by atoms with E-state index in [4.69, 9.17) is 16.7 Å². The Kier molecular flexibility index (Phi) is 4.28. The highest BCUT2D eigenvalue weighted by Gasteiger charge is 2.15. The molecule has 1 amide bonds. The summed E-state index contributed by atoms with van der Waals surface area (Å²) in [5, 5.41) is 16.1. The van der Waals surface area contributed by atoms with Crippen molar-refractivity contribution in [3.8, 4) is 0 Å². The van der Waals surface area contributed by atoms with E-state index in [0.29, 0.717) is 23.4 Å². The Morgan fingerprint density at radius 2 is 2.10 bits per heavy atom. The number of halogens is 1. The van der Waals surface area contributed by atoms with E-state index >= 15 is 0 Å². The zero-order valence-electron chi connectivity index (χ0n) is 11.6. The molecule has 1 aromatic heterocycles. The van der Waals surface area contributed by atoms with Crippen molar-refractivity contribution in [2.75, 3.05) is 5.32 Å². The molecule has 7 heteroatoms. The Labute approximate surface area is 126 Å². The van der Waals surface area contributed by atoms with E-state index in [9.17, 15) is 9.59 Å². The van der Waals surface area contributed by atoms with Gasteiger partial charge in [-0.15, -0.1) is 0 Å². The summed E-state index contributed by atoms with van der Waals surface area (Å²) in [7, 11) is 1.73. The molecular formula is C14H14ClN3O3. The third-order valence-corrected chi connectivity index (χ3v) is 3.11. The molecule has 2 N–H and O–H groups in total. The number of carbonyl (C=O) groups is 2. The lowest BCUT2D eigenvalue weighted by Crippen LogP contribution is -2.13. The fourth-order valence-corrected chi connectivity index (χ4v) is 2.20. The molecule has 110 valence electrons. The average Bonchev–Trinajstić information content (AvgIpc) is 2.79. The van der Waals surface area contributed by atoms with Crippen LogP contribution in [0.5, 0.6) is 0 Å². The monoisotopic (exact) mass is 307 g/mol. The lowest BCUT2D eigenvalue weighted by atomic mass is 10.1. The second-order valence-corrected chi connectivity index (χ2v) is 4.94. The lowest BCUT2D eigenvalue weighted by Gasteiger charge is -2.06. The number of hydrogen-bond donors (Lipinski definition) is 2. The van der Waals surface area contributed by atoms with Crippen LogP contribution < -0.4 is 5.32 Å². The molecule has 1 aromatic carbocycles. The molecule has 0 aliphatic rings. The minimum Gasteiger partial charge on any atom is -0.478 e. The molecule has 1 heterocycles. The van der Waals surface area contributed by atoms with Gasteiger partial charge in [-0.2, -0.15) is 5.10 Å². The van der Waals surface area contributed by atoms with Crippen molar-refractivity contribution < 1.29 is 14.7 Å². The van der Waals surface area contributed by atoms with Gasteiger partial charge in [-0.3, -0.25) is 9.48 Å². The molecule has 0 unspecified atom stereocenters. The summed E-state index contributed by atoms with van der Waals surface area (Å²) in [6, 6.07) is 4.17. The number of aromatic nitrogens is 2. The number of benzene rings is 1. The van der Waals surface area contributed by atoms with Crippen molar-refractivity contribution in [2.24, 2.45) is 7.05 Å². The molecule has 0 atom stereocenters. The molecule has 0 saturated heterocycles. The van der Waals surface area contributed by atoms with Gasteiger partial charge >= 0.3 is 5.97 Å². The first kappa shape index (κ1) is 15.1. The number of carboxylic acids is 1. The van der Waals surface area contributed by atoms with Gasteiger partial charge in [-0.25, -0.2) is 4.79 Å². The average molecular weight is 308 g/mol. The van der Waals surface area contributed by atoms with Crippen molar-refractivity contribution in [2.45, 2.75) is 13.3 Å². The first-order valence-electron chi connectivity index (χ1n) is 6.28. The fourth-order valence-electron chi connectivity index (χ4n) is 1.97. The number of rotatable bonds is 4. The fraction of sp³-hybridized carbons (Fsp3) is 0.214. The molecule has 21 heavy (non-hydrogen) atoms. The predicted octanol–water partition coefficient (Wildman–Crippen LogP) is 2.59. The van der Waals surface area contributed by atoms with Gasteiger partial charge in [0, 0.05) is 24.0 Å². The first-order valence-corrected chi connectivity index (χ1v) is 6.66. The van der Waals surface area contributed by atoms with Crippen LogP contribution in [0.3, 0.4) is 0 Å². The van der Waals surface area contributed by atoms with Crippen LogP contribution in [-0.4, -0.2) is 26.8 Å².